The normalized spacial score (nSPS) is 18.3. The van der Waals surface area contributed by atoms with Gasteiger partial charge in [0.05, 0.1) is 18.7 Å². The molecule has 1 aliphatic rings. The van der Waals surface area contributed by atoms with Gasteiger partial charge in [-0.1, -0.05) is 12.1 Å². The predicted molar refractivity (Wildman–Crippen MR) is 68.8 cm³/mol. The van der Waals surface area contributed by atoms with Gasteiger partial charge in [-0.3, -0.25) is 4.90 Å². The fraction of sp³-hybridized carbons (Fsp3) is 0.462. The van der Waals surface area contributed by atoms with Crippen LogP contribution in [0.25, 0.3) is 0 Å². The van der Waals surface area contributed by atoms with E-state index in [4.69, 9.17) is 15.2 Å². The van der Waals surface area contributed by atoms with Crippen LogP contribution in [0.3, 0.4) is 0 Å². The van der Waals surface area contributed by atoms with E-state index in [0.717, 1.165) is 11.3 Å². The molecule has 5 nitrogen and oxygen atoms in total. The first-order valence-corrected chi connectivity index (χ1v) is 6.06. The highest BCUT2D eigenvalue weighted by Gasteiger charge is 2.24. The second-order valence-corrected chi connectivity index (χ2v) is 4.33. The van der Waals surface area contributed by atoms with Crippen LogP contribution in [0.15, 0.2) is 24.3 Å². The van der Waals surface area contributed by atoms with E-state index in [2.05, 4.69) is 0 Å². The second-order valence-electron chi connectivity index (χ2n) is 4.33. The largest absolute Gasteiger partial charge is 0.447 e. The molecule has 0 aromatic heterocycles. The van der Waals surface area contributed by atoms with E-state index in [1.54, 1.807) is 29.2 Å². The Morgan fingerprint density at radius 1 is 1.47 bits per heavy atom. The number of benzene rings is 1. The minimum atomic E-state index is -0.701. The zero-order valence-corrected chi connectivity index (χ0v) is 10.7. The molecule has 1 aliphatic heterocycles. The summed E-state index contributed by atoms with van der Waals surface area (Å²) in [6, 6.07) is 6.42. The average Bonchev–Trinajstić information content (AvgIpc) is 2.86. The number of ether oxygens (including phenoxy) is 2. The van der Waals surface area contributed by atoms with Crippen LogP contribution in [0.2, 0.25) is 0 Å². The smallest absolute Gasteiger partial charge is 0.414 e. The fourth-order valence-corrected chi connectivity index (χ4v) is 2.11. The van der Waals surface area contributed by atoms with Crippen molar-refractivity contribution in [1.82, 2.24) is 0 Å². The zero-order chi connectivity index (χ0) is 13.8. The minimum Gasteiger partial charge on any atom is -0.447 e. The van der Waals surface area contributed by atoms with Crippen molar-refractivity contribution in [3.05, 3.63) is 29.8 Å². The Balaban J connectivity index is 2.15. The van der Waals surface area contributed by atoms with E-state index < -0.39 is 18.8 Å². The Kier molecular flexibility index (Phi) is 4.34. The van der Waals surface area contributed by atoms with E-state index in [1.165, 1.54) is 7.11 Å². The summed E-state index contributed by atoms with van der Waals surface area (Å²) in [7, 11) is 1.49. The van der Waals surface area contributed by atoms with Gasteiger partial charge in [-0.2, -0.15) is 0 Å². The topological polar surface area (TPSA) is 64.8 Å². The number of carbonyl (C=O) groups is 1. The van der Waals surface area contributed by atoms with Gasteiger partial charge < -0.3 is 15.2 Å². The van der Waals surface area contributed by atoms with E-state index in [9.17, 15) is 9.18 Å². The number of anilines is 1. The summed E-state index contributed by atoms with van der Waals surface area (Å²) in [5, 5.41) is 0. The van der Waals surface area contributed by atoms with Gasteiger partial charge in [-0.15, -0.1) is 0 Å². The molecule has 1 heterocycles. The van der Waals surface area contributed by atoms with Crippen molar-refractivity contribution < 1.29 is 18.7 Å². The quantitative estimate of drug-likeness (QED) is 0.881. The molecule has 19 heavy (non-hydrogen) atoms. The molecule has 1 aromatic carbocycles. The molecule has 1 amide bonds. The van der Waals surface area contributed by atoms with E-state index in [-0.39, 0.29) is 6.09 Å². The molecular weight excluding hydrogens is 251 g/mol. The zero-order valence-electron chi connectivity index (χ0n) is 10.7. The van der Waals surface area contributed by atoms with Crippen molar-refractivity contribution in [1.29, 1.82) is 0 Å². The highest BCUT2D eigenvalue weighted by Crippen LogP contribution is 2.24. The maximum Gasteiger partial charge on any atom is 0.414 e. The van der Waals surface area contributed by atoms with Gasteiger partial charge in [-0.05, 0) is 17.7 Å². The molecule has 2 rings (SSSR count). The SMILES string of the molecule is COC(c1ccc(N2CCOC2=O)cc1)C(N)CF. The maximum absolute atomic E-state index is 12.6. The predicted octanol–water partition coefficient (Wildman–Crippen LogP) is 1.63. The van der Waals surface area contributed by atoms with Crippen LogP contribution < -0.4 is 10.6 Å². The van der Waals surface area contributed by atoms with Gasteiger partial charge in [0.2, 0.25) is 0 Å². The molecule has 0 bridgehead atoms. The van der Waals surface area contributed by atoms with Crippen molar-refractivity contribution >= 4 is 11.8 Å². The number of amides is 1. The van der Waals surface area contributed by atoms with Crippen LogP contribution in [0.4, 0.5) is 14.9 Å². The van der Waals surface area contributed by atoms with Crippen molar-refractivity contribution in [2.75, 3.05) is 31.8 Å². The number of carbonyl (C=O) groups excluding carboxylic acids is 1. The molecule has 0 radical (unpaired) electrons. The van der Waals surface area contributed by atoms with Gasteiger partial charge in [0.1, 0.15) is 13.3 Å². The molecule has 1 saturated heterocycles. The van der Waals surface area contributed by atoms with Gasteiger partial charge >= 0.3 is 6.09 Å². The molecule has 2 atom stereocenters. The van der Waals surface area contributed by atoms with Crippen LogP contribution in [-0.2, 0) is 9.47 Å². The van der Waals surface area contributed by atoms with Crippen LogP contribution in [0, 0.1) is 0 Å². The van der Waals surface area contributed by atoms with Gasteiger partial charge in [-0.25, -0.2) is 9.18 Å². The van der Waals surface area contributed by atoms with Crippen molar-refractivity contribution in [2.24, 2.45) is 5.73 Å². The van der Waals surface area contributed by atoms with E-state index in [1.807, 2.05) is 0 Å². The highest BCUT2D eigenvalue weighted by atomic mass is 19.1. The molecular formula is C13H17FN2O3. The number of hydrogen-bond donors (Lipinski definition) is 1. The number of halogens is 1. The van der Waals surface area contributed by atoms with Crippen LogP contribution in [0.5, 0.6) is 0 Å². The number of nitrogens with zero attached hydrogens (tertiary/aromatic N) is 1. The lowest BCUT2D eigenvalue weighted by Crippen LogP contribution is -2.31. The molecule has 0 aliphatic carbocycles. The van der Waals surface area contributed by atoms with E-state index >= 15 is 0 Å². The maximum atomic E-state index is 12.6. The molecule has 0 saturated carbocycles. The molecule has 2 N–H and O–H groups in total. The molecule has 2 unspecified atom stereocenters. The minimum absolute atomic E-state index is 0.350. The lowest BCUT2D eigenvalue weighted by molar-refractivity contribution is 0.0721. The Morgan fingerprint density at radius 3 is 2.63 bits per heavy atom. The number of rotatable bonds is 5. The van der Waals surface area contributed by atoms with Gasteiger partial charge in [0, 0.05) is 12.8 Å². The number of methoxy groups -OCH3 is 1. The summed E-state index contributed by atoms with van der Waals surface area (Å²) >= 11 is 0. The van der Waals surface area contributed by atoms with Gasteiger partial charge in [0.15, 0.2) is 0 Å². The first-order valence-electron chi connectivity index (χ1n) is 6.06. The lowest BCUT2D eigenvalue weighted by Gasteiger charge is -2.21. The van der Waals surface area contributed by atoms with Crippen LogP contribution in [0.1, 0.15) is 11.7 Å². The Labute approximate surface area is 111 Å². The van der Waals surface area contributed by atoms with Crippen LogP contribution >= 0.6 is 0 Å². The Hall–Kier alpha value is -1.66. The number of nitrogens with two attached hydrogens (primary N) is 1. The van der Waals surface area contributed by atoms with Crippen molar-refractivity contribution in [3.8, 4) is 0 Å². The average molecular weight is 268 g/mol. The third kappa shape index (κ3) is 2.85. The third-order valence-electron chi connectivity index (χ3n) is 3.12. The Bertz CT molecular complexity index is 438. The molecule has 1 aromatic rings. The summed E-state index contributed by atoms with van der Waals surface area (Å²) in [5.74, 6) is 0. The lowest BCUT2D eigenvalue weighted by atomic mass is 10.0. The summed E-state index contributed by atoms with van der Waals surface area (Å²) in [6.45, 7) is 0.280. The first-order chi connectivity index (χ1) is 9.17. The summed E-state index contributed by atoms with van der Waals surface area (Å²) in [5.41, 5.74) is 7.18. The second kappa shape index (κ2) is 5.99. The fourth-order valence-electron chi connectivity index (χ4n) is 2.11. The summed E-state index contributed by atoms with van der Waals surface area (Å²) < 4.78 is 22.7. The summed E-state index contributed by atoms with van der Waals surface area (Å²) in [4.78, 5) is 13.0. The van der Waals surface area contributed by atoms with Crippen molar-refractivity contribution in [2.45, 2.75) is 12.1 Å². The highest BCUT2D eigenvalue weighted by molar-refractivity contribution is 5.89. The first kappa shape index (κ1) is 13.8. The van der Waals surface area contributed by atoms with Gasteiger partial charge in [0.25, 0.3) is 0 Å². The monoisotopic (exact) mass is 268 g/mol. The number of alkyl halides is 1. The number of hydrogen-bond acceptors (Lipinski definition) is 4. The standard InChI is InChI=1S/C13H17FN2O3/c1-18-12(11(15)8-14)9-2-4-10(5-3-9)16-6-7-19-13(16)17/h2-5,11-12H,6-8,15H2,1H3. The van der Waals surface area contributed by atoms with Crippen LogP contribution in [-0.4, -0.2) is 39.1 Å². The van der Waals surface area contributed by atoms with Crippen molar-refractivity contribution in [3.63, 3.8) is 0 Å². The number of cyclic esters (lactones) is 1. The molecule has 6 heteroatoms. The molecule has 1 fully saturated rings. The molecule has 104 valence electrons. The Morgan fingerprint density at radius 2 is 2.16 bits per heavy atom. The molecule has 0 spiro atoms. The van der Waals surface area contributed by atoms with E-state index in [0.29, 0.717) is 13.2 Å². The summed E-state index contributed by atoms with van der Waals surface area (Å²) in [6.07, 6.45) is -0.846. The third-order valence-corrected chi connectivity index (χ3v) is 3.12.